The van der Waals surface area contributed by atoms with Crippen molar-refractivity contribution in [3.63, 3.8) is 0 Å². The third kappa shape index (κ3) is 3.75. The van der Waals surface area contributed by atoms with Crippen LogP contribution >= 0.6 is 11.3 Å². The topological polar surface area (TPSA) is 88.1 Å². The van der Waals surface area contributed by atoms with E-state index >= 15 is 0 Å². The van der Waals surface area contributed by atoms with E-state index in [1.54, 1.807) is 47.5 Å². The summed E-state index contributed by atoms with van der Waals surface area (Å²) in [5.74, 6) is -0.0850. The first kappa shape index (κ1) is 18.1. The molecule has 1 aromatic carbocycles. The summed E-state index contributed by atoms with van der Waals surface area (Å²) in [7, 11) is 1.72. The monoisotopic (exact) mass is 372 g/mol. The van der Waals surface area contributed by atoms with Crippen LogP contribution in [0.2, 0.25) is 0 Å². The number of aryl methyl sites for hydroxylation is 2. The van der Waals surface area contributed by atoms with Gasteiger partial charge in [0.1, 0.15) is 0 Å². The van der Waals surface area contributed by atoms with Crippen molar-refractivity contribution in [3.05, 3.63) is 61.2 Å². The van der Waals surface area contributed by atoms with Gasteiger partial charge in [-0.3, -0.25) is 19.1 Å². The van der Waals surface area contributed by atoms with Gasteiger partial charge in [0.25, 0.3) is 5.56 Å². The summed E-state index contributed by atoms with van der Waals surface area (Å²) >= 11 is 1.59. The van der Waals surface area contributed by atoms with Crippen LogP contribution in [0.4, 0.5) is 0 Å². The maximum atomic E-state index is 12.4. The van der Waals surface area contributed by atoms with Crippen LogP contribution in [0.1, 0.15) is 24.0 Å². The standard InChI is InChI=1S/C18H20N4O3S/c1-3-15-19-12(11-26-15)10-21(2)16(23)8-9-22-14-7-5-4-6-13(14)17(24)20-18(22)25/h4-7,11H,3,8-10H2,1-2H3,(H,20,24,25). The number of hydrogen-bond donors (Lipinski definition) is 1. The Morgan fingerprint density at radius 3 is 2.81 bits per heavy atom. The molecule has 0 bridgehead atoms. The number of H-pyrrole nitrogens is 1. The van der Waals surface area contributed by atoms with E-state index in [9.17, 15) is 14.4 Å². The predicted octanol–water partition coefficient (Wildman–Crippen LogP) is 1.76. The van der Waals surface area contributed by atoms with Crippen molar-refractivity contribution in [3.8, 4) is 0 Å². The summed E-state index contributed by atoms with van der Waals surface area (Å²) in [6, 6.07) is 6.87. The number of carbonyl (C=O) groups is 1. The van der Waals surface area contributed by atoms with Gasteiger partial charge < -0.3 is 4.90 Å². The van der Waals surface area contributed by atoms with Crippen molar-refractivity contribution in [1.29, 1.82) is 0 Å². The number of rotatable bonds is 6. The van der Waals surface area contributed by atoms with Crippen molar-refractivity contribution < 1.29 is 4.79 Å². The molecule has 26 heavy (non-hydrogen) atoms. The van der Waals surface area contributed by atoms with E-state index in [2.05, 4.69) is 9.97 Å². The molecule has 3 aromatic rings. The third-order valence-electron chi connectivity index (χ3n) is 4.18. The first-order valence-electron chi connectivity index (χ1n) is 8.38. The zero-order valence-corrected chi connectivity index (χ0v) is 15.5. The lowest BCUT2D eigenvalue weighted by atomic mass is 10.2. The normalized spacial score (nSPS) is 11.0. The van der Waals surface area contributed by atoms with Crippen LogP contribution in [-0.4, -0.2) is 32.4 Å². The molecule has 2 heterocycles. The molecule has 0 aliphatic rings. The average Bonchev–Trinajstić information content (AvgIpc) is 3.09. The zero-order valence-electron chi connectivity index (χ0n) is 14.7. The van der Waals surface area contributed by atoms with E-state index in [-0.39, 0.29) is 18.9 Å². The SMILES string of the molecule is CCc1nc(CN(C)C(=O)CCn2c(=O)[nH]c(=O)c3ccccc32)cs1. The maximum absolute atomic E-state index is 12.4. The minimum absolute atomic E-state index is 0.0850. The minimum atomic E-state index is -0.503. The lowest BCUT2D eigenvalue weighted by Crippen LogP contribution is -2.33. The minimum Gasteiger partial charge on any atom is -0.340 e. The summed E-state index contributed by atoms with van der Waals surface area (Å²) in [6.45, 7) is 2.69. The first-order valence-corrected chi connectivity index (χ1v) is 9.26. The molecular weight excluding hydrogens is 352 g/mol. The van der Waals surface area contributed by atoms with E-state index in [1.165, 1.54) is 4.57 Å². The van der Waals surface area contributed by atoms with Gasteiger partial charge in [-0.2, -0.15) is 0 Å². The summed E-state index contributed by atoms with van der Waals surface area (Å²) in [5, 5.41) is 3.44. The van der Waals surface area contributed by atoms with Crippen LogP contribution in [0, 0.1) is 0 Å². The van der Waals surface area contributed by atoms with Crippen molar-refractivity contribution in [2.75, 3.05) is 7.05 Å². The quantitative estimate of drug-likeness (QED) is 0.714. The summed E-state index contributed by atoms with van der Waals surface area (Å²) < 4.78 is 1.43. The Hall–Kier alpha value is -2.74. The average molecular weight is 372 g/mol. The second-order valence-electron chi connectivity index (χ2n) is 6.01. The Bertz CT molecular complexity index is 1050. The van der Waals surface area contributed by atoms with Crippen molar-refractivity contribution in [2.45, 2.75) is 32.9 Å². The number of nitrogens with one attached hydrogen (secondary N) is 1. The first-order chi connectivity index (χ1) is 12.5. The zero-order chi connectivity index (χ0) is 18.7. The lowest BCUT2D eigenvalue weighted by molar-refractivity contribution is -0.130. The molecule has 0 aliphatic heterocycles. The van der Waals surface area contributed by atoms with Crippen LogP contribution in [-0.2, 0) is 24.3 Å². The van der Waals surface area contributed by atoms with E-state index in [1.807, 2.05) is 12.3 Å². The summed E-state index contributed by atoms with van der Waals surface area (Å²) in [5.41, 5.74) is 0.481. The number of aromatic nitrogens is 3. The van der Waals surface area contributed by atoms with Gasteiger partial charge in [-0.25, -0.2) is 9.78 Å². The molecule has 1 amide bonds. The van der Waals surface area contributed by atoms with Crippen molar-refractivity contribution >= 4 is 28.1 Å². The van der Waals surface area contributed by atoms with Crippen LogP contribution in [0.3, 0.4) is 0 Å². The highest BCUT2D eigenvalue weighted by atomic mass is 32.1. The highest BCUT2D eigenvalue weighted by Gasteiger charge is 2.13. The van der Waals surface area contributed by atoms with Crippen LogP contribution in [0.5, 0.6) is 0 Å². The molecule has 1 N–H and O–H groups in total. The molecule has 0 spiro atoms. The molecule has 8 heteroatoms. The Morgan fingerprint density at radius 2 is 2.08 bits per heavy atom. The molecule has 0 saturated carbocycles. The van der Waals surface area contributed by atoms with Crippen molar-refractivity contribution in [1.82, 2.24) is 19.4 Å². The number of carbonyl (C=O) groups excluding carboxylic acids is 1. The number of aromatic amines is 1. The highest BCUT2D eigenvalue weighted by Crippen LogP contribution is 2.12. The van der Waals surface area contributed by atoms with Crippen LogP contribution in [0.25, 0.3) is 10.9 Å². The van der Waals surface area contributed by atoms with Gasteiger partial charge in [0, 0.05) is 25.4 Å². The number of nitrogens with zero attached hydrogens (tertiary/aromatic N) is 3. The molecule has 136 valence electrons. The largest absolute Gasteiger partial charge is 0.340 e. The Labute approximate surface area is 153 Å². The molecule has 0 fully saturated rings. The molecule has 0 unspecified atom stereocenters. The van der Waals surface area contributed by atoms with E-state index < -0.39 is 11.2 Å². The predicted molar refractivity (Wildman–Crippen MR) is 101 cm³/mol. The van der Waals surface area contributed by atoms with E-state index in [0.717, 1.165) is 17.1 Å². The molecule has 0 radical (unpaired) electrons. The molecule has 7 nitrogen and oxygen atoms in total. The highest BCUT2D eigenvalue weighted by molar-refractivity contribution is 7.09. The number of thiazole rings is 1. The van der Waals surface area contributed by atoms with Gasteiger partial charge >= 0.3 is 5.69 Å². The summed E-state index contributed by atoms with van der Waals surface area (Å²) in [6.07, 6.45) is 1.04. The van der Waals surface area contributed by atoms with Crippen LogP contribution < -0.4 is 11.2 Å². The number of amides is 1. The van der Waals surface area contributed by atoms with Gasteiger partial charge in [-0.1, -0.05) is 19.1 Å². The molecule has 0 aliphatic carbocycles. The number of hydrogen-bond acceptors (Lipinski definition) is 5. The lowest BCUT2D eigenvalue weighted by Gasteiger charge is -2.16. The molecule has 2 aromatic heterocycles. The molecule has 3 rings (SSSR count). The van der Waals surface area contributed by atoms with Gasteiger partial charge in [0.15, 0.2) is 0 Å². The van der Waals surface area contributed by atoms with Crippen molar-refractivity contribution in [2.24, 2.45) is 0 Å². The molecular formula is C18H20N4O3S. The van der Waals surface area contributed by atoms with Gasteiger partial charge in [-0.15, -0.1) is 11.3 Å². The fourth-order valence-electron chi connectivity index (χ4n) is 2.78. The number of benzene rings is 1. The maximum Gasteiger partial charge on any atom is 0.328 e. The Balaban J connectivity index is 1.72. The van der Waals surface area contributed by atoms with Gasteiger partial charge in [-0.05, 0) is 18.6 Å². The Morgan fingerprint density at radius 1 is 1.31 bits per heavy atom. The number of fused-ring (bicyclic) bond motifs is 1. The summed E-state index contributed by atoms with van der Waals surface area (Å²) in [4.78, 5) is 44.8. The molecule has 0 saturated heterocycles. The number of para-hydroxylation sites is 1. The van der Waals surface area contributed by atoms with Crippen LogP contribution in [0.15, 0.2) is 39.2 Å². The fourth-order valence-corrected chi connectivity index (χ4v) is 3.51. The second kappa shape index (κ2) is 7.65. The van der Waals surface area contributed by atoms with E-state index in [4.69, 9.17) is 0 Å². The molecule has 0 atom stereocenters. The van der Waals surface area contributed by atoms with Gasteiger partial charge in [0.05, 0.1) is 28.1 Å². The Kier molecular flexibility index (Phi) is 5.32. The smallest absolute Gasteiger partial charge is 0.328 e. The van der Waals surface area contributed by atoms with Gasteiger partial charge in [0.2, 0.25) is 5.91 Å². The third-order valence-corrected chi connectivity index (χ3v) is 5.22. The van der Waals surface area contributed by atoms with E-state index in [0.29, 0.717) is 17.4 Å². The second-order valence-corrected chi connectivity index (χ2v) is 6.96. The fraction of sp³-hybridized carbons (Fsp3) is 0.333.